The number of aromatic nitrogens is 1. The van der Waals surface area contributed by atoms with Gasteiger partial charge in [0.05, 0.1) is 13.7 Å². The number of methoxy groups -OCH3 is 1. The summed E-state index contributed by atoms with van der Waals surface area (Å²) in [6.07, 6.45) is -5.04. The molecule has 0 saturated carbocycles. The highest BCUT2D eigenvalue weighted by Crippen LogP contribution is 2.31. The molecule has 0 aliphatic heterocycles. The fraction of sp³-hybridized carbons (Fsp3) is 0.455. The number of carbonyl (C=O) groups excluding carboxylic acids is 1. The molecule has 1 rings (SSSR count). The number of pyridine rings is 1. The van der Waals surface area contributed by atoms with Crippen molar-refractivity contribution in [3.63, 3.8) is 0 Å². The van der Waals surface area contributed by atoms with Crippen molar-refractivity contribution in [2.45, 2.75) is 20.0 Å². The number of rotatable bonds is 5. The van der Waals surface area contributed by atoms with Gasteiger partial charge in [-0.15, -0.1) is 13.2 Å². The minimum atomic E-state index is -5.04. The SMILES string of the molecule is CCOC(=O)c1nc(CF)c(OC)cc1OC(F)(F)F. The smallest absolute Gasteiger partial charge is 0.495 e. The lowest BCUT2D eigenvalue weighted by Crippen LogP contribution is -2.21. The second-order valence-corrected chi connectivity index (χ2v) is 3.39. The highest BCUT2D eigenvalue weighted by atomic mass is 19.4. The molecule has 9 heteroatoms. The number of esters is 1. The zero-order valence-corrected chi connectivity index (χ0v) is 10.6. The topological polar surface area (TPSA) is 57.7 Å². The van der Waals surface area contributed by atoms with Gasteiger partial charge in [0.15, 0.2) is 11.4 Å². The van der Waals surface area contributed by atoms with Crippen LogP contribution < -0.4 is 9.47 Å². The Morgan fingerprint density at radius 3 is 2.45 bits per heavy atom. The molecule has 0 unspecified atom stereocenters. The molecule has 1 aromatic heterocycles. The Morgan fingerprint density at radius 2 is 2.00 bits per heavy atom. The van der Waals surface area contributed by atoms with Crippen LogP contribution in [0, 0.1) is 0 Å². The second-order valence-electron chi connectivity index (χ2n) is 3.39. The Kier molecular flexibility index (Phi) is 5.12. The number of carbonyl (C=O) groups is 1. The molecule has 0 aliphatic rings. The van der Waals surface area contributed by atoms with Crippen LogP contribution in [0.15, 0.2) is 6.07 Å². The molecule has 112 valence electrons. The first-order chi connectivity index (χ1) is 9.32. The second kappa shape index (κ2) is 6.40. The van der Waals surface area contributed by atoms with Crippen LogP contribution in [0.4, 0.5) is 17.6 Å². The van der Waals surface area contributed by atoms with Crippen LogP contribution in [-0.2, 0) is 11.4 Å². The molecule has 0 spiro atoms. The summed E-state index contributed by atoms with van der Waals surface area (Å²) in [4.78, 5) is 15.0. The maximum absolute atomic E-state index is 12.7. The molecule has 0 aromatic carbocycles. The molecular weight excluding hydrogens is 286 g/mol. The Labute approximate surface area is 111 Å². The summed E-state index contributed by atoms with van der Waals surface area (Å²) in [5.74, 6) is -2.33. The van der Waals surface area contributed by atoms with E-state index in [-0.39, 0.29) is 18.1 Å². The first-order valence-electron chi connectivity index (χ1n) is 5.39. The van der Waals surface area contributed by atoms with E-state index in [9.17, 15) is 22.4 Å². The van der Waals surface area contributed by atoms with E-state index in [1.54, 1.807) is 0 Å². The van der Waals surface area contributed by atoms with E-state index >= 15 is 0 Å². The standard InChI is InChI=1S/C11H11F4NO4/c1-3-19-10(17)9-8(20-11(13,14)15)4-7(18-2)6(5-12)16-9/h4H,3,5H2,1-2H3. The Balaban J connectivity index is 3.32. The predicted molar refractivity (Wildman–Crippen MR) is 58.2 cm³/mol. The lowest BCUT2D eigenvalue weighted by molar-refractivity contribution is -0.274. The van der Waals surface area contributed by atoms with Crippen LogP contribution in [-0.4, -0.2) is 31.0 Å². The van der Waals surface area contributed by atoms with Gasteiger partial charge in [0.25, 0.3) is 0 Å². The maximum atomic E-state index is 12.7. The lowest BCUT2D eigenvalue weighted by atomic mass is 10.2. The van der Waals surface area contributed by atoms with Crippen LogP contribution in [0.2, 0.25) is 0 Å². The van der Waals surface area contributed by atoms with Crippen molar-refractivity contribution >= 4 is 5.97 Å². The third kappa shape index (κ3) is 3.97. The van der Waals surface area contributed by atoms with Crippen LogP contribution in [0.3, 0.4) is 0 Å². The highest BCUT2D eigenvalue weighted by molar-refractivity contribution is 5.90. The molecule has 0 saturated heterocycles. The summed E-state index contributed by atoms with van der Waals surface area (Å²) in [5, 5.41) is 0. The largest absolute Gasteiger partial charge is 0.573 e. The molecule has 0 atom stereocenters. The fourth-order valence-corrected chi connectivity index (χ4v) is 1.34. The van der Waals surface area contributed by atoms with E-state index in [0.29, 0.717) is 0 Å². The fourth-order valence-electron chi connectivity index (χ4n) is 1.34. The number of hydrogen-bond acceptors (Lipinski definition) is 5. The van der Waals surface area contributed by atoms with Crippen LogP contribution in [0.5, 0.6) is 11.5 Å². The third-order valence-corrected chi connectivity index (χ3v) is 2.07. The van der Waals surface area contributed by atoms with Crippen molar-refractivity contribution in [1.29, 1.82) is 0 Å². The van der Waals surface area contributed by atoms with Crippen LogP contribution in [0.1, 0.15) is 23.1 Å². The molecule has 5 nitrogen and oxygen atoms in total. The Morgan fingerprint density at radius 1 is 1.35 bits per heavy atom. The summed E-state index contributed by atoms with van der Waals surface area (Å²) < 4.78 is 62.4. The Hall–Kier alpha value is -2.06. The molecule has 1 heterocycles. The average molecular weight is 297 g/mol. The molecule has 0 amide bonds. The minimum absolute atomic E-state index is 0.0804. The monoisotopic (exact) mass is 297 g/mol. The zero-order valence-electron chi connectivity index (χ0n) is 10.6. The molecule has 0 N–H and O–H groups in total. The highest BCUT2D eigenvalue weighted by Gasteiger charge is 2.34. The zero-order chi connectivity index (χ0) is 15.3. The van der Waals surface area contributed by atoms with E-state index < -0.39 is 30.4 Å². The maximum Gasteiger partial charge on any atom is 0.573 e. The summed E-state index contributed by atoms with van der Waals surface area (Å²) in [5.41, 5.74) is -1.09. The first kappa shape index (κ1) is 16.0. The van der Waals surface area contributed by atoms with Gasteiger partial charge in [-0.25, -0.2) is 14.2 Å². The average Bonchev–Trinajstić information content (AvgIpc) is 2.36. The van der Waals surface area contributed by atoms with Crippen molar-refractivity contribution < 1.29 is 36.6 Å². The lowest BCUT2D eigenvalue weighted by Gasteiger charge is -2.14. The molecule has 1 aromatic rings. The minimum Gasteiger partial charge on any atom is -0.495 e. The number of alkyl halides is 4. The normalized spacial score (nSPS) is 11.1. The quantitative estimate of drug-likeness (QED) is 0.617. The molecule has 0 bridgehead atoms. The number of ether oxygens (including phenoxy) is 3. The summed E-state index contributed by atoms with van der Waals surface area (Å²) in [7, 11) is 1.12. The van der Waals surface area contributed by atoms with Gasteiger partial charge in [-0.3, -0.25) is 0 Å². The van der Waals surface area contributed by atoms with Gasteiger partial charge >= 0.3 is 12.3 Å². The third-order valence-electron chi connectivity index (χ3n) is 2.07. The molecule has 20 heavy (non-hydrogen) atoms. The summed E-state index contributed by atoms with van der Waals surface area (Å²) >= 11 is 0. The van der Waals surface area contributed by atoms with Crippen LogP contribution >= 0.6 is 0 Å². The van der Waals surface area contributed by atoms with Gasteiger partial charge < -0.3 is 14.2 Å². The van der Waals surface area contributed by atoms with Gasteiger partial charge in [0.2, 0.25) is 0 Å². The van der Waals surface area contributed by atoms with Crippen molar-refractivity contribution in [2.75, 3.05) is 13.7 Å². The van der Waals surface area contributed by atoms with Gasteiger partial charge in [0.1, 0.15) is 18.1 Å². The summed E-state index contributed by atoms with van der Waals surface area (Å²) in [6.45, 7) is 0.257. The molecule has 0 radical (unpaired) electrons. The van der Waals surface area contributed by atoms with E-state index in [4.69, 9.17) is 0 Å². The van der Waals surface area contributed by atoms with Crippen molar-refractivity contribution in [3.05, 3.63) is 17.5 Å². The first-order valence-corrected chi connectivity index (χ1v) is 5.39. The van der Waals surface area contributed by atoms with Crippen molar-refractivity contribution in [2.24, 2.45) is 0 Å². The van der Waals surface area contributed by atoms with E-state index in [2.05, 4.69) is 19.2 Å². The van der Waals surface area contributed by atoms with Gasteiger partial charge in [-0.05, 0) is 6.92 Å². The molecule has 0 aliphatic carbocycles. The predicted octanol–water partition coefficient (Wildman–Crippen LogP) is 2.64. The number of halogens is 4. The van der Waals surface area contributed by atoms with Gasteiger partial charge in [-0.2, -0.15) is 0 Å². The van der Waals surface area contributed by atoms with E-state index in [1.807, 2.05) is 0 Å². The van der Waals surface area contributed by atoms with Gasteiger partial charge in [0, 0.05) is 6.07 Å². The van der Waals surface area contributed by atoms with E-state index in [0.717, 1.165) is 13.2 Å². The molecular formula is C11H11F4NO4. The number of hydrogen-bond donors (Lipinski definition) is 0. The Bertz CT molecular complexity index is 490. The van der Waals surface area contributed by atoms with E-state index in [1.165, 1.54) is 6.92 Å². The number of nitrogens with zero attached hydrogens (tertiary/aromatic N) is 1. The van der Waals surface area contributed by atoms with Gasteiger partial charge in [-0.1, -0.05) is 0 Å². The summed E-state index contributed by atoms with van der Waals surface area (Å²) in [6, 6.07) is 0.738. The van der Waals surface area contributed by atoms with Crippen molar-refractivity contribution in [1.82, 2.24) is 4.98 Å². The molecule has 0 fully saturated rings. The van der Waals surface area contributed by atoms with Crippen molar-refractivity contribution in [3.8, 4) is 11.5 Å². The van der Waals surface area contributed by atoms with Crippen LogP contribution in [0.25, 0.3) is 0 Å².